The van der Waals surface area contributed by atoms with Crippen molar-refractivity contribution in [3.8, 4) is 0 Å². The quantitative estimate of drug-likeness (QED) is 0.857. The van der Waals surface area contributed by atoms with Crippen molar-refractivity contribution in [1.82, 2.24) is 0 Å². The maximum absolute atomic E-state index is 11.0. The smallest absolute Gasteiger partial charge is 0.307 e. The molecule has 0 heterocycles. The minimum atomic E-state index is -0.697. The second kappa shape index (κ2) is 3.53. The number of hydrogen-bond acceptors (Lipinski definition) is 1. The van der Waals surface area contributed by atoms with Gasteiger partial charge in [-0.15, -0.1) is 0 Å². The predicted molar refractivity (Wildman–Crippen MR) is 59.2 cm³/mol. The average molecular weight is 225 g/mol. The fraction of sp³-hybridized carbons (Fsp3) is 0.417. The minimum absolute atomic E-state index is 0.170. The Balaban J connectivity index is 2.34. The van der Waals surface area contributed by atoms with E-state index in [9.17, 15) is 4.79 Å². The van der Waals surface area contributed by atoms with Crippen LogP contribution in [0.4, 0.5) is 0 Å². The molecule has 0 aromatic heterocycles. The van der Waals surface area contributed by atoms with Gasteiger partial charge < -0.3 is 5.11 Å². The van der Waals surface area contributed by atoms with E-state index in [-0.39, 0.29) is 11.3 Å². The van der Waals surface area contributed by atoms with Gasteiger partial charge in [0.2, 0.25) is 0 Å². The van der Waals surface area contributed by atoms with Gasteiger partial charge >= 0.3 is 5.97 Å². The van der Waals surface area contributed by atoms with Crippen LogP contribution in [0.15, 0.2) is 24.3 Å². The maximum atomic E-state index is 11.0. The van der Waals surface area contributed by atoms with Crippen LogP contribution in [-0.4, -0.2) is 11.1 Å². The molecule has 2 rings (SSSR count). The zero-order chi connectivity index (χ0) is 11.1. The Morgan fingerprint density at radius 3 is 2.87 bits per heavy atom. The Hall–Kier alpha value is -1.02. The second-order valence-corrected chi connectivity index (χ2v) is 4.55. The number of carboxylic acids is 1. The maximum Gasteiger partial charge on any atom is 0.307 e. The summed E-state index contributed by atoms with van der Waals surface area (Å²) in [5, 5.41) is 9.69. The summed E-state index contributed by atoms with van der Waals surface area (Å²) in [7, 11) is 0. The highest BCUT2D eigenvalue weighted by atomic mass is 35.5. The number of carboxylic acid groups (broad SMARTS) is 1. The number of carbonyl (C=O) groups is 1. The normalized spacial score (nSPS) is 28.8. The molecule has 0 spiro atoms. The summed E-state index contributed by atoms with van der Waals surface area (Å²) in [5.74, 6) is -0.933. The van der Waals surface area contributed by atoms with E-state index in [0.717, 1.165) is 18.4 Å². The number of hydrogen-bond donors (Lipinski definition) is 1. The first-order valence-corrected chi connectivity index (χ1v) is 5.47. The van der Waals surface area contributed by atoms with E-state index in [4.69, 9.17) is 16.7 Å². The molecule has 1 fully saturated rings. The third-order valence-corrected chi connectivity index (χ3v) is 3.64. The van der Waals surface area contributed by atoms with Crippen molar-refractivity contribution < 1.29 is 9.90 Å². The lowest BCUT2D eigenvalue weighted by Gasteiger charge is -2.14. The van der Waals surface area contributed by atoms with Crippen molar-refractivity contribution in [2.45, 2.75) is 25.2 Å². The number of aliphatic carboxylic acids is 1. The van der Waals surface area contributed by atoms with Crippen LogP contribution < -0.4 is 0 Å². The van der Waals surface area contributed by atoms with Gasteiger partial charge in [-0.2, -0.15) is 0 Å². The van der Waals surface area contributed by atoms with Gasteiger partial charge in [0.1, 0.15) is 0 Å². The van der Waals surface area contributed by atoms with Gasteiger partial charge in [-0.25, -0.2) is 0 Å². The summed E-state index contributed by atoms with van der Waals surface area (Å²) in [5.41, 5.74) is 0.890. The van der Waals surface area contributed by atoms with Gasteiger partial charge in [0, 0.05) is 10.4 Å². The molecule has 0 aliphatic heterocycles. The van der Waals surface area contributed by atoms with Crippen LogP contribution in [0.3, 0.4) is 0 Å². The summed E-state index contributed by atoms with van der Waals surface area (Å²) < 4.78 is 0. The Morgan fingerprint density at radius 2 is 2.40 bits per heavy atom. The van der Waals surface area contributed by atoms with E-state index < -0.39 is 5.97 Å². The topological polar surface area (TPSA) is 37.3 Å². The first-order valence-electron chi connectivity index (χ1n) is 5.09. The lowest BCUT2D eigenvalue weighted by molar-refractivity contribution is -0.139. The van der Waals surface area contributed by atoms with Crippen LogP contribution >= 0.6 is 11.6 Å². The van der Waals surface area contributed by atoms with Crippen LogP contribution in [-0.2, 0) is 10.2 Å². The van der Waals surface area contributed by atoms with E-state index in [1.165, 1.54) is 0 Å². The van der Waals surface area contributed by atoms with Crippen molar-refractivity contribution in [2.24, 2.45) is 5.92 Å². The third kappa shape index (κ3) is 1.63. The van der Waals surface area contributed by atoms with E-state index >= 15 is 0 Å². The fourth-order valence-electron chi connectivity index (χ4n) is 2.34. The number of rotatable bonds is 3. The molecule has 1 aliphatic rings. The van der Waals surface area contributed by atoms with Crippen molar-refractivity contribution in [1.29, 1.82) is 0 Å². The molecule has 80 valence electrons. The zero-order valence-corrected chi connectivity index (χ0v) is 9.29. The van der Waals surface area contributed by atoms with Crippen molar-refractivity contribution >= 4 is 17.6 Å². The van der Waals surface area contributed by atoms with Crippen molar-refractivity contribution in [3.05, 3.63) is 34.9 Å². The zero-order valence-electron chi connectivity index (χ0n) is 8.53. The Bertz CT molecular complexity index is 402. The van der Waals surface area contributed by atoms with E-state index in [0.29, 0.717) is 5.02 Å². The standard InChI is InChI=1S/C12H13ClO2/c1-2-12(7-10(12)11(14)15)8-4-3-5-9(13)6-8/h3-6,10H,2,7H2,1H3,(H,14,15). The van der Waals surface area contributed by atoms with Crippen LogP contribution in [0.5, 0.6) is 0 Å². The van der Waals surface area contributed by atoms with Gasteiger partial charge in [0.05, 0.1) is 5.92 Å². The highest BCUT2D eigenvalue weighted by Gasteiger charge is 2.58. The van der Waals surface area contributed by atoms with Crippen LogP contribution in [0.1, 0.15) is 25.3 Å². The molecule has 2 nitrogen and oxygen atoms in total. The lowest BCUT2D eigenvalue weighted by atomic mass is 9.90. The molecule has 0 amide bonds. The molecule has 15 heavy (non-hydrogen) atoms. The molecule has 0 radical (unpaired) electrons. The van der Waals surface area contributed by atoms with Crippen molar-refractivity contribution in [2.75, 3.05) is 0 Å². The van der Waals surface area contributed by atoms with E-state index in [1.807, 2.05) is 31.2 Å². The molecule has 1 saturated carbocycles. The minimum Gasteiger partial charge on any atom is -0.481 e. The van der Waals surface area contributed by atoms with E-state index in [2.05, 4.69) is 0 Å². The summed E-state index contributed by atoms with van der Waals surface area (Å²) in [6.45, 7) is 2.03. The molecule has 1 aliphatic carbocycles. The van der Waals surface area contributed by atoms with E-state index in [1.54, 1.807) is 0 Å². The highest BCUT2D eigenvalue weighted by Crippen LogP contribution is 2.57. The molecule has 2 atom stereocenters. The summed E-state index contributed by atoms with van der Waals surface area (Å²) in [6.07, 6.45) is 1.59. The van der Waals surface area contributed by atoms with Gasteiger partial charge in [0.25, 0.3) is 0 Å². The van der Waals surface area contributed by atoms with Gasteiger partial charge in [-0.3, -0.25) is 4.79 Å². The Labute approximate surface area is 93.9 Å². The molecule has 0 bridgehead atoms. The largest absolute Gasteiger partial charge is 0.481 e. The summed E-state index contributed by atoms with van der Waals surface area (Å²) >= 11 is 5.92. The molecule has 1 aromatic carbocycles. The molecule has 0 saturated heterocycles. The SMILES string of the molecule is CCC1(c2cccc(Cl)c2)CC1C(=O)O. The van der Waals surface area contributed by atoms with Gasteiger partial charge in [-0.05, 0) is 30.5 Å². The molecule has 1 N–H and O–H groups in total. The first kappa shape index (κ1) is 10.5. The highest BCUT2D eigenvalue weighted by molar-refractivity contribution is 6.30. The summed E-state index contributed by atoms with van der Waals surface area (Å²) in [4.78, 5) is 11.0. The Kier molecular flexibility index (Phi) is 2.47. The number of halogens is 1. The molecular formula is C12H13ClO2. The average Bonchev–Trinajstić information content (AvgIpc) is 2.93. The molecule has 1 aromatic rings. The van der Waals surface area contributed by atoms with Crippen LogP contribution in [0, 0.1) is 5.92 Å². The molecule has 3 heteroatoms. The number of benzene rings is 1. The predicted octanol–water partition coefficient (Wildman–Crippen LogP) is 3.09. The lowest BCUT2D eigenvalue weighted by Crippen LogP contribution is -2.13. The van der Waals surface area contributed by atoms with Crippen molar-refractivity contribution in [3.63, 3.8) is 0 Å². The molecular weight excluding hydrogens is 212 g/mol. The van der Waals surface area contributed by atoms with Crippen LogP contribution in [0.25, 0.3) is 0 Å². The second-order valence-electron chi connectivity index (χ2n) is 4.11. The monoisotopic (exact) mass is 224 g/mol. The van der Waals surface area contributed by atoms with Gasteiger partial charge in [0.15, 0.2) is 0 Å². The van der Waals surface area contributed by atoms with Crippen LogP contribution in [0.2, 0.25) is 5.02 Å². The first-order chi connectivity index (χ1) is 7.10. The molecule has 2 unspecified atom stereocenters. The fourth-order valence-corrected chi connectivity index (χ4v) is 2.53. The van der Waals surface area contributed by atoms with Gasteiger partial charge in [-0.1, -0.05) is 30.7 Å². The summed E-state index contributed by atoms with van der Waals surface area (Å²) in [6, 6.07) is 7.55. The Morgan fingerprint density at radius 1 is 1.67 bits per heavy atom. The third-order valence-electron chi connectivity index (χ3n) is 3.40.